The summed E-state index contributed by atoms with van der Waals surface area (Å²) in [5.41, 5.74) is -1.01. The molecule has 0 amide bonds. The third-order valence-corrected chi connectivity index (χ3v) is 3.17. The van der Waals surface area contributed by atoms with Crippen LogP contribution in [0.3, 0.4) is 0 Å². The molecule has 4 nitrogen and oxygen atoms in total. The number of ether oxygens (including phenoxy) is 1. The highest BCUT2D eigenvalue weighted by Gasteiger charge is 2.29. The molecule has 1 N–H and O–H groups in total. The van der Waals surface area contributed by atoms with E-state index in [2.05, 4.69) is 26.2 Å². The Morgan fingerprint density at radius 3 is 2.38 bits per heavy atom. The molecule has 0 rings (SSSR count). The number of carboxylic acids is 1. The summed E-state index contributed by atoms with van der Waals surface area (Å²) in [6, 6.07) is 0. The Labute approximate surface area is 98.4 Å². The van der Waals surface area contributed by atoms with Gasteiger partial charge in [-0.15, -0.1) is 6.58 Å². The summed E-state index contributed by atoms with van der Waals surface area (Å²) in [4.78, 5) is 10.9. The van der Waals surface area contributed by atoms with Crippen molar-refractivity contribution in [2.75, 3.05) is 19.8 Å². The Morgan fingerprint density at radius 1 is 1.44 bits per heavy atom. The van der Waals surface area contributed by atoms with Crippen LogP contribution in [0.2, 0.25) is 19.6 Å². The summed E-state index contributed by atoms with van der Waals surface area (Å²) in [6.07, 6.45) is 1.40. The van der Waals surface area contributed by atoms with Gasteiger partial charge in [-0.05, 0) is 26.6 Å². The summed E-state index contributed by atoms with van der Waals surface area (Å²) < 4.78 is 10.9. The van der Waals surface area contributed by atoms with Crippen LogP contribution in [0.15, 0.2) is 12.7 Å². The second kappa shape index (κ2) is 6.17. The summed E-state index contributed by atoms with van der Waals surface area (Å²) in [5.74, 6) is -0.923. The average molecular weight is 246 g/mol. The second-order valence-electron chi connectivity index (χ2n) is 4.94. The molecule has 0 radical (unpaired) electrons. The smallest absolute Gasteiger partial charge is 0.315 e. The van der Waals surface area contributed by atoms with Crippen molar-refractivity contribution in [2.45, 2.75) is 26.6 Å². The molecule has 0 aliphatic carbocycles. The van der Waals surface area contributed by atoms with Crippen molar-refractivity contribution in [3.05, 3.63) is 12.7 Å². The Balaban J connectivity index is 3.81. The Hall–Kier alpha value is -0.653. The van der Waals surface area contributed by atoms with E-state index in [-0.39, 0.29) is 6.61 Å². The van der Waals surface area contributed by atoms with Crippen LogP contribution >= 0.6 is 0 Å². The van der Waals surface area contributed by atoms with Gasteiger partial charge in [-0.25, -0.2) is 0 Å². The lowest BCUT2D eigenvalue weighted by molar-refractivity contribution is -0.148. The van der Waals surface area contributed by atoms with Gasteiger partial charge in [0.05, 0.1) is 19.8 Å². The quantitative estimate of drug-likeness (QED) is 0.405. The largest absolute Gasteiger partial charge is 0.481 e. The van der Waals surface area contributed by atoms with E-state index in [0.717, 1.165) is 0 Å². The van der Waals surface area contributed by atoms with E-state index in [1.807, 2.05) is 0 Å². The Kier molecular flexibility index (Phi) is 5.92. The maximum Gasteiger partial charge on any atom is 0.315 e. The molecule has 0 fully saturated rings. The van der Waals surface area contributed by atoms with E-state index < -0.39 is 19.7 Å². The second-order valence-corrected chi connectivity index (χ2v) is 9.45. The molecule has 0 aromatic carbocycles. The van der Waals surface area contributed by atoms with E-state index in [1.54, 1.807) is 6.92 Å². The SMILES string of the molecule is C=C[C@@](C)(COCCO[Si](C)(C)C)C(=O)O. The first-order valence-corrected chi connectivity index (χ1v) is 8.71. The van der Waals surface area contributed by atoms with E-state index in [0.29, 0.717) is 13.2 Å². The molecule has 0 spiro atoms. The molecule has 0 heterocycles. The van der Waals surface area contributed by atoms with Crippen molar-refractivity contribution < 1.29 is 19.1 Å². The highest BCUT2D eigenvalue weighted by molar-refractivity contribution is 6.69. The normalized spacial score (nSPS) is 15.5. The minimum atomic E-state index is -1.50. The van der Waals surface area contributed by atoms with Gasteiger partial charge in [0.2, 0.25) is 0 Å². The summed E-state index contributed by atoms with van der Waals surface area (Å²) in [7, 11) is -1.50. The molecule has 0 saturated heterocycles. The number of hydrogen-bond donors (Lipinski definition) is 1. The van der Waals surface area contributed by atoms with Crippen LogP contribution in [0.1, 0.15) is 6.92 Å². The van der Waals surface area contributed by atoms with Gasteiger partial charge in [0.15, 0.2) is 8.32 Å². The van der Waals surface area contributed by atoms with E-state index >= 15 is 0 Å². The van der Waals surface area contributed by atoms with Crippen molar-refractivity contribution in [1.29, 1.82) is 0 Å². The predicted octanol–water partition coefficient (Wildman–Crippen LogP) is 2.13. The topological polar surface area (TPSA) is 55.8 Å². The van der Waals surface area contributed by atoms with Crippen LogP contribution in [0, 0.1) is 5.41 Å². The number of rotatable bonds is 8. The molecule has 5 heteroatoms. The van der Waals surface area contributed by atoms with Crippen molar-refractivity contribution in [3.63, 3.8) is 0 Å². The monoisotopic (exact) mass is 246 g/mol. The minimum absolute atomic E-state index is 0.126. The maximum absolute atomic E-state index is 10.9. The van der Waals surface area contributed by atoms with Crippen LogP contribution in [0.5, 0.6) is 0 Å². The van der Waals surface area contributed by atoms with Gasteiger partial charge in [0.25, 0.3) is 0 Å². The van der Waals surface area contributed by atoms with Crippen LogP contribution < -0.4 is 0 Å². The molecule has 0 unspecified atom stereocenters. The maximum atomic E-state index is 10.9. The zero-order valence-corrected chi connectivity index (χ0v) is 11.6. The molecule has 0 aromatic heterocycles. The number of carbonyl (C=O) groups is 1. The first-order valence-electron chi connectivity index (χ1n) is 5.30. The van der Waals surface area contributed by atoms with Gasteiger partial charge in [-0.1, -0.05) is 6.08 Å². The lowest BCUT2D eigenvalue weighted by Gasteiger charge is -2.21. The zero-order valence-electron chi connectivity index (χ0n) is 10.6. The molecule has 16 heavy (non-hydrogen) atoms. The molecule has 0 aromatic rings. The molecule has 0 aliphatic heterocycles. The molecule has 0 saturated carbocycles. The van der Waals surface area contributed by atoms with Gasteiger partial charge in [-0.2, -0.15) is 0 Å². The minimum Gasteiger partial charge on any atom is -0.481 e. The van der Waals surface area contributed by atoms with E-state index in [9.17, 15) is 4.79 Å². The van der Waals surface area contributed by atoms with Gasteiger partial charge in [0.1, 0.15) is 5.41 Å². The summed E-state index contributed by atoms with van der Waals surface area (Å²) in [5, 5.41) is 8.94. The fourth-order valence-electron chi connectivity index (χ4n) is 0.899. The van der Waals surface area contributed by atoms with Crippen LogP contribution in [-0.4, -0.2) is 39.2 Å². The van der Waals surface area contributed by atoms with Crippen LogP contribution in [-0.2, 0) is 14.0 Å². The standard InChI is InChI=1S/C11H22O4Si/c1-6-11(2,10(12)13)9-14-7-8-15-16(3,4)5/h6H,1,7-9H2,2-5H3,(H,12,13)/t11-/m0/s1. The average Bonchev–Trinajstić information content (AvgIpc) is 2.14. The molecular formula is C11H22O4Si. The van der Waals surface area contributed by atoms with Crippen LogP contribution in [0.4, 0.5) is 0 Å². The molecule has 0 bridgehead atoms. The highest BCUT2D eigenvalue weighted by atomic mass is 28.4. The summed E-state index contributed by atoms with van der Waals surface area (Å²) in [6.45, 7) is 12.4. The number of carboxylic acid groups (broad SMARTS) is 1. The van der Waals surface area contributed by atoms with E-state index in [1.165, 1.54) is 6.08 Å². The van der Waals surface area contributed by atoms with Crippen molar-refractivity contribution >= 4 is 14.3 Å². The van der Waals surface area contributed by atoms with Crippen LogP contribution in [0.25, 0.3) is 0 Å². The fraction of sp³-hybridized carbons (Fsp3) is 0.727. The third-order valence-electron chi connectivity index (χ3n) is 2.10. The Morgan fingerprint density at radius 2 is 2.00 bits per heavy atom. The van der Waals surface area contributed by atoms with Crippen molar-refractivity contribution in [1.82, 2.24) is 0 Å². The van der Waals surface area contributed by atoms with Crippen molar-refractivity contribution in [2.24, 2.45) is 5.41 Å². The summed E-state index contributed by atoms with van der Waals surface area (Å²) >= 11 is 0. The van der Waals surface area contributed by atoms with Gasteiger partial charge in [0, 0.05) is 0 Å². The molecule has 0 aliphatic rings. The number of aliphatic carboxylic acids is 1. The lowest BCUT2D eigenvalue weighted by atomic mass is 9.92. The lowest BCUT2D eigenvalue weighted by Crippen LogP contribution is -2.32. The third kappa shape index (κ3) is 6.04. The van der Waals surface area contributed by atoms with Gasteiger partial charge >= 0.3 is 5.97 Å². The van der Waals surface area contributed by atoms with Gasteiger partial charge in [-0.3, -0.25) is 4.79 Å². The molecule has 1 atom stereocenters. The Bertz CT molecular complexity index is 247. The first-order chi connectivity index (χ1) is 7.21. The molecule has 94 valence electrons. The van der Waals surface area contributed by atoms with Crippen molar-refractivity contribution in [3.8, 4) is 0 Å². The van der Waals surface area contributed by atoms with Gasteiger partial charge < -0.3 is 14.3 Å². The predicted molar refractivity (Wildman–Crippen MR) is 66.1 cm³/mol. The van der Waals surface area contributed by atoms with E-state index in [4.69, 9.17) is 14.3 Å². The highest BCUT2D eigenvalue weighted by Crippen LogP contribution is 2.18. The number of hydrogen-bond acceptors (Lipinski definition) is 3. The fourth-order valence-corrected chi connectivity index (χ4v) is 1.59. The first kappa shape index (κ1) is 15.3. The zero-order chi connectivity index (χ0) is 12.8. The molecular weight excluding hydrogens is 224 g/mol.